The number of methoxy groups -OCH3 is 2. The zero-order chi connectivity index (χ0) is 12.8. The van der Waals surface area contributed by atoms with E-state index in [9.17, 15) is 4.79 Å². The van der Waals surface area contributed by atoms with E-state index in [1.165, 1.54) is 7.11 Å². The molecule has 0 aromatic heterocycles. The van der Waals surface area contributed by atoms with Crippen LogP contribution in [-0.4, -0.2) is 26.7 Å². The largest absolute Gasteiger partial charge is 0.495 e. The van der Waals surface area contributed by atoms with Crippen LogP contribution >= 0.6 is 11.6 Å². The number of hydrogen-bond donors (Lipinski definition) is 1. The highest BCUT2D eigenvalue weighted by molar-refractivity contribution is 6.30. The molecule has 17 heavy (non-hydrogen) atoms. The molecule has 1 rings (SSSR count). The van der Waals surface area contributed by atoms with Gasteiger partial charge in [-0.2, -0.15) is 0 Å². The summed E-state index contributed by atoms with van der Waals surface area (Å²) in [6.07, 6.45) is 0. The zero-order valence-corrected chi connectivity index (χ0v) is 10.5. The molecule has 0 heterocycles. The first-order valence-electron chi connectivity index (χ1n) is 4.92. The average molecular weight is 256 g/mol. The van der Waals surface area contributed by atoms with E-state index in [1.54, 1.807) is 25.3 Å². The van der Waals surface area contributed by atoms with E-state index in [2.05, 4.69) is 16.6 Å². The van der Waals surface area contributed by atoms with Crippen molar-refractivity contribution in [3.63, 3.8) is 0 Å². The first-order valence-corrected chi connectivity index (χ1v) is 5.29. The number of benzene rings is 1. The molecule has 0 spiro atoms. The van der Waals surface area contributed by atoms with Gasteiger partial charge in [-0.05, 0) is 12.1 Å². The minimum Gasteiger partial charge on any atom is -0.495 e. The highest BCUT2D eigenvalue weighted by Crippen LogP contribution is 2.27. The Morgan fingerprint density at radius 2 is 2.18 bits per heavy atom. The third kappa shape index (κ3) is 3.67. The van der Waals surface area contributed by atoms with E-state index < -0.39 is 5.97 Å². The van der Waals surface area contributed by atoms with Gasteiger partial charge in [0.15, 0.2) is 0 Å². The molecule has 0 atom stereocenters. The monoisotopic (exact) mass is 255 g/mol. The summed E-state index contributed by atoms with van der Waals surface area (Å²) in [7, 11) is 2.86. The number of nitrogens with one attached hydrogen (secondary N) is 1. The van der Waals surface area contributed by atoms with Crippen LogP contribution in [0.1, 0.15) is 0 Å². The lowest BCUT2D eigenvalue weighted by molar-refractivity contribution is -0.136. The Balaban J connectivity index is 2.69. The number of carbonyl (C=O) groups is 1. The summed E-state index contributed by atoms with van der Waals surface area (Å²) in [5, 5.41) is 3.60. The summed E-state index contributed by atoms with van der Waals surface area (Å²) in [4.78, 5) is 11.1. The van der Waals surface area contributed by atoms with Crippen molar-refractivity contribution in [2.45, 2.75) is 0 Å². The van der Waals surface area contributed by atoms with E-state index in [4.69, 9.17) is 16.3 Å². The quantitative estimate of drug-likeness (QED) is 0.649. The Hall–Kier alpha value is -1.68. The molecule has 1 N–H and O–H groups in total. The van der Waals surface area contributed by atoms with Gasteiger partial charge >= 0.3 is 5.97 Å². The first-order chi connectivity index (χ1) is 8.08. The fourth-order valence-electron chi connectivity index (χ4n) is 1.23. The third-order valence-corrected chi connectivity index (χ3v) is 2.36. The highest BCUT2D eigenvalue weighted by atomic mass is 35.5. The summed E-state index contributed by atoms with van der Waals surface area (Å²) in [5.74, 6) is 0.167. The molecule has 0 saturated carbocycles. The predicted molar refractivity (Wildman–Crippen MR) is 67.6 cm³/mol. The number of hydrogen-bond acceptors (Lipinski definition) is 4. The maximum atomic E-state index is 11.1. The SMILES string of the molecule is C=C(CNc1ccc(Cl)cc1OC)C(=O)OC. The van der Waals surface area contributed by atoms with Gasteiger partial charge in [-0.25, -0.2) is 4.79 Å². The van der Waals surface area contributed by atoms with Gasteiger partial charge in [0, 0.05) is 23.2 Å². The van der Waals surface area contributed by atoms with Crippen molar-refractivity contribution in [1.29, 1.82) is 0 Å². The van der Waals surface area contributed by atoms with Gasteiger partial charge in [0.1, 0.15) is 5.75 Å². The van der Waals surface area contributed by atoms with Crippen LogP contribution in [0.2, 0.25) is 5.02 Å². The summed E-state index contributed by atoms with van der Waals surface area (Å²) < 4.78 is 9.70. The molecule has 5 heteroatoms. The molecule has 1 aromatic carbocycles. The average Bonchev–Trinajstić information content (AvgIpc) is 2.35. The zero-order valence-electron chi connectivity index (χ0n) is 9.75. The van der Waals surface area contributed by atoms with Gasteiger partial charge in [-0.15, -0.1) is 0 Å². The second-order valence-electron chi connectivity index (χ2n) is 3.29. The van der Waals surface area contributed by atoms with Crippen molar-refractivity contribution >= 4 is 23.3 Å². The smallest absolute Gasteiger partial charge is 0.334 e. The molecule has 0 bridgehead atoms. The first kappa shape index (κ1) is 13.4. The van der Waals surface area contributed by atoms with Crippen LogP contribution in [0.5, 0.6) is 5.75 Å². The normalized spacial score (nSPS) is 9.59. The fraction of sp³-hybridized carbons (Fsp3) is 0.250. The number of carbonyl (C=O) groups excluding carboxylic acids is 1. The Kier molecular flexibility index (Phi) is 4.84. The van der Waals surface area contributed by atoms with Crippen molar-refractivity contribution in [3.05, 3.63) is 35.4 Å². The lowest BCUT2D eigenvalue weighted by Crippen LogP contribution is -2.13. The van der Waals surface area contributed by atoms with Crippen LogP contribution in [0, 0.1) is 0 Å². The molecule has 0 saturated heterocycles. The molecule has 4 nitrogen and oxygen atoms in total. The van der Waals surface area contributed by atoms with Gasteiger partial charge in [0.05, 0.1) is 19.9 Å². The van der Waals surface area contributed by atoms with E-state index in [1.807, 2.05) is 0 Å². The van der Waals surface area contributed by atoms with Crippen LogP contribution in [0.25, 0.3) is 0 Å². The van der Waals surface area contributed by atoms with Crippen LogP contribution < -0.4 is 10.1 Å². The fourth-order valence-corrected chi connectivity index (χ4v) is 1.39. The highest BCUT2D eigenvalue weighted by Gasteiger charge is 2.08. The number of rotatable bonds is 5. The maximum absolute atomic E-state index is 11.1. The second-order valence-corrected chi connectivity index (χ2v) is 3.73. The third-order valence-electron chi connectivity index (χ3n) is 2.13. The predicted octanol–water partition coefficient (Wildman–Crippen LogP) is 2.49. The Morgan fingerprint density at radius 3 is 2.76 bits per heavy atom. The lowest BCUT2D eigenvalue weighted by atomic mass is 10.2. The molecule has 0 aliphatic carbocycles. The molecule has 0 amide bonds. The topological polar surface area (TPSA) is 47.6 Å². The molecular weight excluding hydrogens is 242 g/mol. The molecular formula is C12H14ClNO3. The molecule has 0 fully saturated rings. The van der Waals surface area contributed by atoms with E-state index in [0.717, 1.165) is 5.69 Å². The summed E-state index contributed by atoms with van der Waals surface area (Å²) in [5.41, 5.74) is 1.08. The Labute approximate surface area is 105 Å². The molecule has 1 aromatic rings. The molecule has 0 aliphatic rings. The van der Waals surface area contributed by atoms with Crippen LogP contribution in [0.3, 0.4) is 0 Å². The van der Waals surface area contributed by atoms with Crippen molar-refractivity contribution in [2.75, 3.05) is 26.1 Å². The Morgan fingerprint density at radius 1 is 1.47 bits per heavy atom. The summed E-state index contributed by atoms with van der Waals surface area (Å²) in [6.45, 7) is 3.89. The van der Waals surface area contributed by atoms with E-state index >= 15 is 0 Å². The molecule has 92 valence electrons. The van der Waals surface area contributed by atoms with Gasteiger partial charge < -0.3 is 14.8 Å². The van der Waals surface area contributed by atoms with Gasteiger partial charge in [0.25, 0.3) is 0 Å². The summed E-state index contributed by atoms with van der Waals surface area (Å²) in [6, 6.07) is 5.18. The minimum absolute atomic E-state index is 0.282. The second kappa shape index (κ2) is 6.15. The Bertz CT molecular complexity index is 432. The molecule has 0 radical (unpaired) electrons. The van der Waals surface area contributed by atoms with E-state index in [-0.39, 0.29) is 6.54 Å². The number of esters is 1. The molecule has 0 aliphatic heterocycles. The minimum atomic E-state index is -0.439. The summed E-state index contributed by atoms with van der Waals surface area (Å²) >= 11 is 5.83. The van der Waals surface area contributed by atoms with Gasteiger partial charge in [-0.1, -0.05) is 18.2 Å². The number of ether oxygens (including phenoxy) is 2. The number of anilines is 1. The van der Waals surface area contributed by atoms with Crippen molar-refractivity contribution in [2.24, 2.45) is 0 Å². The van der Waals surface area contributed by atoms with Crippen LogP contribution in [0.15, 0.2) is 30.4 Å². The number of halogens is 1. The molecule has 0 unspecified atom stereocenters. The van der Waals surface area contributed by atoms with E-state index in [0.29, 0.717) is 16.3 Å². The standard InChI is InChI=1S/C12H14ClNO3/c1-8(12(15)17-3)7-14-10-5-4-9(13)6-11(10)16-2/h4-6,14H,1,7H2,2-3H3. The maximum Gasteiger partial charge on any atom is 0.334 e. The van der Waals surface area contributed by atoms with Gasteiger partial charge in [-0.3, -0.25) is 0 Å². The van der Waals surface area contributed by atoms with Crippen molar-refractivity contribution in [1.82, 2.24) is 0 Å². The van der Waals surface area contributed by atoms with Gasteiger partial charge in [0.2, 0.25) is 0 Å². The van der Waals surface area contributed by atoms with Crippen molar-refractivity contribution < 1.29 is 14.3 Å². The van der Waals surface area contributed by atoms with Crippen molar-refractivity contribution in [3.8, 4) is 5.75 Å². The van der Waals surface area contributed by atoms with Crippen LogP contribution in [-0.2, 0) is 9.53 Å². The lowest BCUT2D eigenvalue weighted by Gasteiger charge is -2.11. The van der Waals surface area contributed by atoms with Crippen LogP contribution in [0.4, 0.5) is 5.69 Å².